The van der Waals surface area contributed by atoms with Crippen molar-refractivity contribution in [3.8, 4) is 11.5 Å². The van der Waals surface area contributed by atoms with Crippen LogP contribution in [-0.4, -0.2) is 39.0 Å². The van der Waals surface area contributed by atoms with E-state index in [4.69, 9.17) is 4.42 Å². The van der Waals surface area contributed by atoms with Crippen molar-refractivity contribution in [1.29, 1.82) is 0 Å². The van der Waals surface area contributed by atoms with Gasteiger partial charge in [-0.1, -0.05) is 38.2 Å². The topological polar surface area (TPSA) is 103 Å². The molecule has 1 aliphatic heterocycles. The molecule has 160 valence electrons. The molecule has 1 aromatic heterocycles. The van der Waals surface area contributed by atoms with Gasteiger partial charge in [0.05, 0.1) is 12.8 Å². The smallest absolute Gasteiger partial charge is 0.246 e. The number of rotatable bonds is 6. The lowest BCUT2D eigenvalue weighted by Gasteiger charge is -2.40. The molecule has 1 saturated heterocycles. The first-order valence-electron chi connectivity index (χ1n) is 10.7. The number of hydrogen-bond donors (Lipinski definition) is 3. The Kier molecular flexibility index (Phi) is 5.97. The number of benzene rings is 1. The summed E-state index contributed by atoms with van der Waals surface area (Å²) in [6.45, 7) is 0.217. The number of amides is 2. The predicted molar refractivity (Wildman–Crippen MR) is 110 cm³/mol. The highest BCUT2D eigenvalue weighted by Gasteiger charge is 2.41. The number of carbonyl (C=O) groups is 2. The molecule has 4 rings (SSSR count). The van der Waals surface area contributed by atoms with Crippen molar-refractivity contribution in [2.24, 2.45) is 5.92 Å². The maximum atomic E-state index is 13.4. The highest BCUT2D eigenvalue weighted by Crippen LogP contribution is 2.30. The van der Waals surface area contributed by atoms with Gasteiger partial charge in [-0.05, 0) is 42.2 Å². The van der Waals surface area contributed by atoms with Crippen molar-refractivity contribution < 1.29 is 24.2 Å². The molecule has 7 nitrogen and oxygen atoms in total. The number of nitrogens with one attached hydrogen (secondary N) is 1. The second kappa shape index (κ2) is 8.81. The Balaban J connectivity index is 1.55. The monoisotopic (exact) mass is 412 g/mol. The molecule has 2 aliphatic rings. The molecule has 1 aromatic carbocycles. The summed E-state index contributed by atoms with van der Waals surface area (Å²) in [6.07, 6.45) is 8.28. The van der Waals surface area contributed by atoms with Crippen LogP contribution in [0.4, 0.5) is 0 Å². The number of furan rings is 1. The van der Waals surface area contributed by atoms with Crippen LogP contribution in [0.3, 0.4) is 0 Å². The van der Waals surface area contributed by atoms with Gasteiger partial charge in [0.1, 0.15) is 17.8 Å². The molecule has 2 unspecified atom stereocenters. The number of phenolic OH excluding ortho intramolecular Hbond substituents is 2. The van der Waals surface area contributed by atoms with Crippen LogP contribution in [0.5, 0.6) is 11.5 Å². The predicted octanol–water partition coefficient (Wildman–Crippen LogP) is 3.10. The second-order valence-electron chi connectivity index (χ2n) is 8.39. The van der Waals surface area contributed by atoms with Gasteiger partial charge >= 0.3 is 0 Å². The van der Waals surface area contributed by atoms with E-state index >= 15 is 0 Å². The molecule has 0 spiro atoms. The van der Waals surface area contributed by atoms with Gasteiger partial charge in [0.15, 0.2) is 11.5 Å². The van der Waals surface area contributed by atoms with Crippen LogP contribution in [0.2, 0.25) is 0 Å². The summed E-state index contributed by atoms with van der Waals surface area (Å²) in [5.41, 5.74) is 0.661. The standard InChI is InChI=1S/C23H28N2O5/c26-20-9-8-16(13-21(20)27)12-19-22(28)24-18(11-15-5-2-1-3-6-15)23(29)25(19)14-17-7-4-10-30-17/h4,7-10,13,15,18-19,26-27H,1-3,5-6,11-12,14H2,(H,24,28). The second-order valence-corrected chi connectivity index (χ2v) is 8.39. The van der Waals surface area contributed by atoms with E-state index in [9.17, 15) is 19.8 Å². The number of nitrogens with zero attached hydrogens (tertiary/aromatic N) is 1. The molecule has 2 heterocycles. The summed E-state index contributed by atoms with van der Waals surface area (Å²) >= 11 is 0. The van der Waals surface area contributed by atoms with Gasteiger partial charge in [0, 0.05) is 6.42 Å². The Morgan fingerprint density at radius 2 is 1.87 bits per heavy atom. The van der Waals surface area contributed by atoms with E-state index in [0.717, 1.165) is 12.8 Å². The number of piperazine rings is 1. The van der Waals surface area contributed by atoms with E-state index in [1.54, 1.807) is 29.4 Å². The fourth-order valence-electron chi connectivity index (χ4n) is 4.62. The van der Waals surface area contributed by atoms with Crippen LogP contribution in [0.25, 0.3) is 0 Å². The summed E-state index contributed by atoms with van der Waals surface area (Å²) in [7, 11) is 0. The zero-order valence-electron chi connectivity index (χ0n) is 16.9. The first-order valence-corrected chi connectivity index (χ1v) is 10.7. The van der Waals surface area contributed by atoms with Crippen LogP contribution in [0, 0.1) is 5.92 Å². The van der Waals surface area contributed by atoms with Crippen molar-refractivity contribution >= 4 is 11.8 Å². The van der Waals surface area contributed by atoms with Gasteiger partial charge in [-0.3, -0.25) is 9.59 Å². The van der Waals surface area contributed by atoms with Crippen LogP contribution in [-0.2, 0) is 22.6 Å². The number of phenols is 2. The lowest BCUT2D eigenvalue weighted by Crippen LogP contribution is -2.63. The molecule has 2 atom stereocenters. The van der Waals surface area contributed by atoms with Crippen molar-refractivity contribution in [1.82, 2.24) is 10.2 Å². The molecule has 2 amide bonds. The maximum absolute atomic E-state index is 13.4. The minimum Gasteiger partial charge on any atom is -0.504 e. The van der Waals surface area contributed by atoms with Crippen molar-refractivity contribution in [3.05, 3.63) is 47.9 Å². The molecule has 2 aromatic rings. The number of carbonyl (C=O) groups excluding carboxylic acids is 2. The zero-order valence-corrected chi connectivity index (χ0v) is 16.9. The molecule has 3 N–H and O–H groups in total. The fraction of sp³-hybridized carbons (Fsp3) is 0.478. The molecular formula is C23H28N2O5. The molecule has 1 aliphatic carbocycles. The quantitative estimate of drug-likeness (QED) is 0.633. The first kappa shape index (κ1) is 20.3. The normalized spacial score (nSPS) is 22.9. The van der Waals surface area contributed by atoms with Gasteiger partial charge in [0.25, 0.3) is 0 Å². The summed E-state index contributed by atoms with van der Waals surface area (Å²) in [5, 5.41) is 22.3. The molecule has 30 heavy (non-hydrogen) atoms. The summed E-state index contributed by atoms with van der Waals surface area (Å²) < 4.78 is 5.44. The highest BCUT2D eigenvalue weighted by molar-refractivity contribution is 5.97. The first-order chi connectivity index (χ1) is 14.5. The minimum absolute atomic E-state index is 0.0930. The van der Waals surface area contributed by atoms with E-state index in [1.807, 2.05) is 0 Å². The Labute approximate surface area is 175 Å². The Hall–Kier alpha value is -2.96. The molecule has 0 bridgehead atoms. The third-order valence-corrected chi connectivity index (χ3v) is 6.25. The minimum atomic E-state index is -0.714. The van der Waals surface area contributed by atoms with Crippen LogP contribution in [0.1, 0.15) is 49.8 Å². The molecule has 7 heteroatoms. The van der Waals surface area contributed by atoms with Gasteiger partial charge in [0.2, 0.25) is 11.8 Å². The Bertz CT molecular complexity index is 889. The van der Waals surface area contributed by atoms with Crippen LogP contribution >= 0.6 is 0 Å². The van der Waals surface area contributed by atoms with Crippen molar-refractivity contribution in [2.75, 3.05) is 0 Å². The van der Waals surface area contributed by atoms with Gasteiger partial charge in [-0.25, -0.2) is 0 Å². The summed E-state index contributed by atoms with van der Waals surface area (Å²) in [4.78, 5) is 28.0. The van der Waals surface area contributed by atoms with Crippen molar-refractivity contribution in [2.45, 2.75) is 63.6 Å². The van der Waals surface area contributed by atoms with E-state index in [2.05, 4.69) is 5.32 Å². The number of hydrogen-bond acceptors (Lipinski definition) is 5. The van der Waals surface area contributed by atoms with Crippen LogP contribution < -0.4 is 5.32 Å². The Morgan fingerprint density at radius 1 is 1.07 bits per heavy atom. The van der Waals surface area contributed by atoms with Crippen LogP contribution in [0.15, 0.2) is 41.0 Å². The number of aromatic hydroxyl groups is 2. The maximum Gasteiger partial charge on any atom is 0.246 e. The largest absolute Gasteiger partial charge is 0.504 e. The fourth-order valence-corrected chi connectivity index (χ4v) is 4.62. The van der Waals surface area contributed by atoms with E-state index in [-0.39, 0.29) is 36.3 Å². The molecule has 2 fully saturated rings. The third-order valence-electron chi connectivity index (χ3n) is 6.25. The van der Waals surface area contributed by atoms with E-state index < -0.39 is 12.1 Å². The van der Waals surface area contributed by atoms with Gasteiger partial charge < -0.3 is 24.8 Å². The van der Waals surface area contributed by atoms with E-state index in [1.165, 1.54) is 31.4 Å². The van der Waals surface area contributed by atoms with Gasteiger partial charge in [-0.15, -0.1) is 0 Å². The summed E-state index contributed by atoms with van der Waals surface area (Å²) in [5.74, 6) is 0.321. The SMILES string of the molecule is O=C1NC(CC2CCCCC2)C(=O)N(Cc2ccco2)C1Cc1ccc(O)c(O)c1. The highest BCUT2D eigenvalue weighted by atomic mass is 16.3. The average Bonchev–Trinajstić information content (AvgIpc) is 3.25. The zero-order chi connectivity index (χ0) is 21.1. The lowest BCUT2D eigenvalue weighted by atomic mass is 9.83. The van der Waals surface area contributed by atoms with Gasteiger partial charge in [-0.2, -0.15) is 0 Å². The molecule has 1 saturated carbocycles. The lowest BCUT2D eigenvalue weighted by molar-refractivity contribution is -0.150. The third kappa shape index (κ3) is 4.45. The molecule has 0 radical (unpaired) electrons. The summed E-state index contributed by atoms with van der Waals surface area (Å²) in [6, 6.07) is 6.78. The Morgan fingerprint density at radius 3 is 2.57 bits per heavy atom. The van der Waals surface area contributed by atoms with Crippen molar-refractivity contribution in [3.63, 3.8) is 0 Å². The van der Waals surface area contributed by atoms with E-state index in [0.29, 0.717) is 23.7 Å². The molecular weight excluding hydrogens is 384 g/mol. The average molecular weight is 412 g/mol.